The second-order valence-electron chi connectivity index (χ2n) is 2.12. The normalized spacial score (nSPS) is 9.85. The van der Waals surface area contributed by atoms with Crippen molar-refractivity contribution in [3.05, 3.63) is 18.5 Å². The van der Waals surface area contributed by atoms with Crippen LogP contribution in [0.1, 0.15) is 10.6 Å². The molecular formula is C5H5N7O. The van der Waals surface area contributed by atoms with Gasteiger partial charge >= 0.3 is 0 Å². The van der Waals surface area contributed by atoms with E-state index in [2.05, 4.69) is 35.7 Å². The molecular weight excluding hydrogens is 174 g/mol. The molecule has 1 amide bonds. The summed E-state index contributed by atoms with van der Waals surface area (Å²) in [5.41, 5.74) is 0. The molecule has 0 saturated carbocycles. The highest BCUT2D eigenvalue weighted by Gasteiger charge is 2.09. The minimum absolute atomic E-state index is 0.122. The Balaban J connectivity index is 2.08. The SMILES string of the molecule is O=C(Nc1ncn[nH]1)c1ncn[nH]1. The van der Waals surface area contributed by atoms with E-state index >= 15 is 0 Å². The summed E-state index contributed by atoms with van der Waals surface area (Å²) in [6, 6.07) is 0. The van der Waals surface area contributed by atoms with Crippen molar-refractivity contribution in [3.63, 3.8) is 0 Å². The summed E-state index contributed by atoms with van der Waals surface area (Å²) >= 11 is 0. The molecule has 13 heavy (non-hydrogen) atoms. The molecule has 0 aliphatic carbocycles. The van der Waals surface area contributed by atoms with Crippen LogP contribution in [0, 0.1) is 0 Å². The van der Waals surface area contributed by atoms with E-state index in [-0.39, 0.29) is 11.8 Å². The van der Waals surface area contributed by atoms with Crippen LogP contribution >= 0.6 is 0 Å². The van der Waals surface area contributed by atoms with Gasteiger partial charge in [0, 0.05) is 0 Å². The highest BCUT2D eigenvalue weighted by molar-refractivity contribution is 6.00. The molecule has 0 aliphatic rings. The van der Waals surface area contributed by atoms with Crippen LogP contribution in [0.2, 0.25) is 0 Å². The van der Waals surface area contributed by atoms with Gasteiger partial charge in [-0.2, -0.15) is 15.2 Å². The number of anilines is 1. The first-order valence-electron chi connectivity index (χ1n) is 3.38. The van der Waals surface area contributed by atoms with E-state index < -0.39 is 5.91 Å². The molecule has 2 aromatic heterocycles. The van der Waals surface area contributed by atoms with Gasteiger partial charge < -0.3 is 0 Å². The van der Waals surface area contributed by atoms with Gasteiger partial charge in [0.15, 0.2) is 0 Å². The molecule has 2 aromatic rings. The van der Waals surface area contributed by atoms with Crippen LogP contribution in [-0.2, 0) is 0 Å². The molecule has 2 heterocycles. The zero-order chi connectivity index (χ0) is 9.10. The van der Waals surface area contributed by atoms with Crippen LogP contribution in [0.15, 0.2) is 12.7 Å². The fourth-order valence-corrected chi connectivity index (χ4v) is 0.747. The van der Waals surface area contributed by atoms with E-state index in [1.54, 1.807) is 0 Å². The predicted octanol–water partition coefficient (Wildman–Crippen LogP) is -0.825. The smallest absolute Gasteiger partial charge is 0.288 e. The van der Waals surface area contributed by atoms with Gasteiger partial charge in [0.1, 0.15) is 12.7 Å². The molecule has 0 bridgehead atoms. The number of hydrogen-bond donors (Lipinski definition) is 3. The van der Waals surface area contributed by atoms with Crippen molar-refractivity contribution in [1.82, 2.24) is 30.4 Å². The van der Waals surface area contributed by atoms with Crippen molar-refractivity contribution >= 4 is 11.9 Å². The lowest BCUT2D eigenvalue weighted by Gasteiger charge is -1.95. The molecule has 8 heteroatoms. The summed E-state index contributed by atoms with van der Waals surface area (Å²) in [5.74, 6) is -0.0351. The topological polar surface area (TPSA) is 112 Å². The van der Waals surface area contributed by atoms with E-state index in [1.807, 2.05) is 0 Å². The van der Waals surface area contributed by atoms with Crippen LogP contribution in [-0.4, -0.2) is 36.3 Å². The summed E-state index contributed by atoms with van der Waals surface area (Å²) in [7, 11) is 0. The van der Waals surface area contributed by atoms with Gasteiger partial charge in [-0.15, -0.1) is 0 Å². The summed E-state index contributed by atoms with van der Waals surface area (Å²) in [4.78, 5) is 18.6. The number of H-pyrrole nitrogens is 2. The van der Waals surface area contributed by atoms with Gasteiger partial charge in [-0.1, -0.05) is 0 Å². The second-order valence-corrected chi connectivity index (χ2v) is 2.12. The van der Waals surface area contributed by atoms with Crippen molar-refractivity contribution in [2.75, 3.05) is 5.32 Å². The molecule has 0 aliphatic heterocycles. The van der Waals surface area contributed by atoms with E-state index in [0.717, 1.165) is 0 Å². The quantitative estimate of drug-likeness (QED) is 0.557. The number of nitrogens with one attached hydrogen (secondary N) is 3. The Kier molecular flexibility index (Phi) is 1.71. The number of rotatable bonds is 2. The lowest BCUT2D eigenvalue weighted by atomic mass is 10.6. The van der Waals surface area contributed by atoms with Crippen LogP contribution in [0.3, 0.4) is 0 Å². The average molecular weight is 179 g/mol. The molecule has 0 saturated heterocycles. The van der Waals surface area contributed by atoms with Crippen molar-refractivity contribution in [2.24, 2.45) is 0 Å². The third-order valence-corrected chi connectivity index (χ3v) is 1.28. The minimum Gasteiger partial charge on any atom is -0.288 e. The molecule has 0 radical (unpaired) electrons. The second kappa shape index (κ2) is 3.01. The zero-order valence-corrected chi connectivity index (χ0v) is 6.35. The molecule has 3 N–H and O–H groups in total. The van der Waals surface area contributed by atoms with Crippen molar-refractivity contribution in [1.29, 1.82) is 0 Å². The average Bonchev–Trinajstić information content (AvgIpc) is 2.74. The van der Waals surface area contributed by atoms with Gasteiger partial charge in [-0.25, -0.2) is 10.1 Å². The fourth-order valence-electron chi connectivity index (χ4n) is 0.747. The number of carbonyl (C=O) groups excluding carboxylic acids is 1. The Morgan fingerprint density at radius 1 is 1.23 bits per heavy atom. The molecule has 66 valence electrons. The summed E-state index contributed by atoms with van der Waals surface area (Å²) in [6.07, 6.45) is 2.53. The van der Waals surface area contributed by atoms with E-state index in [9.17, 15) is 4.79 Å². The van der Waals surface area contributed by atoms with Gasteiger partial charge in [-0.3, -0.25) is 15.2 Å². The highest BCUT2D eigenvalue weighted by atomic mass is 16.2. The van der Waals surface area contributed by atoms with Gasteiger partial charge in [0.25, 0.3) is 5.91 Å². The Labute approximate surface area is 71.8 Å². The number of aromatic nitrogens is 6. The van der Waals surface area contributed by atoms with Crippen molar-refractivity contribution in [3.8, 4) is 0 Å². The third-order valence-electron chi connectivity index (χ3n) is 1.28. The number of nitrogens with zero attached hydrogens (tertiary/aromatic N) is 4. The lowest BCUT2D eigenvalue weighted by Crippen LogP contribution is -2.14. The Morgan fingerprint density at radius 3 is 2.62 bits per heavy atom. The molecule has 0 aromatic carbocycles. The fraction of sp³-hybridized carbons (Fsp3) is 0. The third kappa shape index (κ3) is 1.50. The molecule has 0 fully saturated rings. The van der Waals surface area contributed by atoms with Gasteiger partial charge in [0.2, 0.25) is 11.8 Å². The first-order chi connectivity index (χ1) is 6.36. The maximum absolute atomic E-state index is 11.2. The summed E-state index contributed by atoms with van der Waals surface area (Å²) in [6.45, 7) is 0. The monoisotopic (exact) mass is 179 g/mol. The highest BCUT2D eigenvalue weighted by Crippen LogP contribution is 1.95. The van der Waals surface area contributed by atoms with E-state index in [0.29, 0.717) is 0 Å². The Morgan fingerprint density at radius 2 is 2.00 bits per heavy atom. The van der Waals surface area contributed by atoms with Crippen LogP contribution in [0.25, 0.3) is 0 Å². The predicted molar refractivity (Wildman–Crippen MR) is 40.7 cm³/mol. The molecule has 0 atom stereocenters. The lowest BCUT2D eigenvalue weighted by molar-refractivity contribution is 0.101. The summed E-state index contributed by atoms with van der Waals surface area (Å²) in [5, 5.41) is 14.4. The standard InChI is InChI=1S/C5H5N7O/c13-4(3-6-1-8-11-3)10-5-7-2-9-12-5/h1-2H,(H,6,8,11)(H2,7,9,10,12,13). The largest absolute Gasteiger partial charge is 0.295 e. The van der Waals surface area contributed by atoms with E-state index in [4.69, 9.17) is 0 Å². The number of amides is 1. The minimum atomic E-state index is -0.422. The number of carbonyl (C=O) groups is 1. The van der Waals surface area contributed by atoms with Crippen LogP contribution in [0.5, 0.6) is 0 Å². The Bertz CT molecular complexity index is 377. The van der Waals surface area contributed by atoms with Gasteiger partial charge in [0.05, 0.1) is 0 Å². The van der Waals surface area contributed by atoms with Crippen molar-refractivity contribution in [2.45, 2.75) is 0 Å². The maximum atomic E-state index is 11.2. The summed E-state index contributed by atoms with van der Waals surface area (Å²) < 4.78 is 0. The number of aromatic amines is 2. The van der Waals surface area contributed by atoms with Crippen molar-refractivity contribution < 1.29 is 4.79 Å². The molecule has 2 rings (SSSR count). The first-order valence-corrected chi connectivity index (χ1v) is 3.38. The van der Waals surface area contributed by atoms with Crippen LogP contribution in [0.4, 0.5) is 5.95 Å². The number of hydrogen-bond acceptors (Lipinski definition) is 5. The van der Waals surface area contributed by atoms with Crippen LogP contribution < -0.4 is 5.32 Å². The van der Waals surface area contributed by atoms with E-state index in [1.165, 1.54) is 12.7 Å². The first kappa shape index (κ1) is 7.40. The molecule has 0 unspecified atom stereocenters. The molecule has 0 spiro atoms. The Hall–Kier alpha value is -2.25. The molecule has 8 nitrogen and oxygen atoms in total. The van der Waals surface area contributed by atoms with Gasteiger partial charge in [-0.05, 0) is 0 Å². The maximum Gasteiger partial charge on any atom is 0.295 e. The zero-order valence-electron chi connectivity index (χ0n) is 6.35.